The fourth-order valence-electron chi connectivity index (χ4n) is 2.66. The summed E-state index contributed by atoms with van der Waals surface area (Å²) in [5, 5.41) is 3.18. The van der Waals surface area contributed by atoms with Gasteiger partial charge in [-0.3, -0.25) is 9.89 Å². The lowest BCUT2D eigenvalue weighted by atomic mass is 10.00. The van der Waals surface area contributed by atoms with Crippen LogP contribution in [0.25, 0.3) is 0 Å². The number of nitrogens with zero attached hydrogens (tertiary/aromatic N) is 2. The maximum absolute atomic E-state index is 5.87. The molecule has 0 aromatic heterocycles. The molecule has 116 valence electrons. The topological polar surface area (TPSA) is 53.6 Å². The molecule has 2 rings (SSSR count). The summed E-state index contributed by atoms with van der Waals surface area (Å²) in [7, 11) is 0. The molecule has 1 heterocycles. The summed E-state index contributed by atoms with van der Waals surface area (Å²) in [6.07, 6.45) is 2.21. The number of guanidine groups is 1. The minimum absolute atomic E-state index is 0.0236. The third-order valence-electron chi connectivity index (χ3n) is 3.63. The van der Waals surface area contributed by atoms with Crippen molar-refractivity contribution < 1.29 is 0 Å². The second-order valence-corrected chi connectivity index (χ2v) is 6.79. The lowest BCUT2D eigenvalue weighted by Crippen LogP contribution is -2.45. The van der Waals surface area contributed by atoms with Crippen LogP contribution in [0.5, 0.6) is 0 Å². The standard InChI is InChI=1S/C17H28N4/c1-17(2,3)20-16(18)19-10-6-11-21-12-9-14-7-4-5-8-15(14)13-21/h4-5,7-8H,6,9-13H2,1-3H3,(H3,18,19,20). The van der Waals surface area contributed by atoms with Crippen LogP contribution in [0.3, 0.4) is 0 Å². The first-order chi connectivity index (χ1) is 9.94. The van der Waals surface area contributed by atoms with E-state index in [4.69, 9.17) is 5.73 Å². The normalized spacial score (nSPS) is 16.6. The van der Waals surface area contributed by atoms with Crippen molar-refractivity contribution >= 4 is 5.96 Å². The molecule has 1 aliphatic rings. The zero-order valence-corrected chi connectivity index (χ0v) is 13.5. The van der Waals surface area contributed by atoms with Gasteiger partial charge in [0.15, 0.2) is 5.96 Å². The van der Waals surface area contributed by atoms with E-state index in [-0.39, 0.29) is 5.54 Å². The average Bonchev–Trinajstić information content (AvgIpc) is 2.41. The van der Waals surface area contributed by atoms with Crippen molar-refractivity contribution in [1.82, 2.24) is 10.2 Å². The van der Waals surface area contributed by atoms with Gasteiger partial charge in [-0.2, -0.15) is 0 Å². The summed E-state index contributed by atoms with van der Waals surface area (Å²) < 4.78 is 0. The second kappa shape index (κ2) is 6.94. The van der Waals surface area contributed by atoms with E-state index in [1.807, 2.05) is 0 Å². The minimum Gasteiger partial charge on any atom is -0.370 e. The van der Waals surface area contributed by atoms with E-state index in [1.54, 1.807) is 0 Å². The molecule has 0 radical (unpaired) electrons. The first-order valence-electron chi connectivity index (χ1n) is 7.81. The Labute approximate surface area is 128 Å². The van der Waals surface area contributed by atoms with Crippen molar-refractivity contribution in [3.8, 4) is 0 Å². The Kier molecular flexibility index (Phi) is 5.23. The highest BCUT2D eigenvalue weighted by atomic mass is 15.1. The Balaban J connectivity index is 1.72. The van der Waals surface area contributed by atoms with Gasteiger partial charge in [0.25, 0.3) is 0 Å². The van der Waals surface area contributed by atoms with Gasteiger partial charge in [-0.25, -0.2) is 0 Å². The minimum atomic E-state index is -0.0236. The number of hydrogen-bond acceptors (Lipinski definition) is 2. The Morgan fingerprint density at radius 3 is 2.71 bits per heavy atom. The fraction of sp³-hybridized carbons (Fsp3) is 0.588. The van der Waals surface area contributed by atoms with Gasteiger partial charge in [0.2, 0.25) is 0 Å². The molecule has 0 saturated carbocycles. The molecule has 1 aromatic carbocycles. The summed E-state index contributed by atoms with van der Waals surface area (Å²) in [6, 6.07) is 8.75. The number of aliphatic imine (C=N–C) groups is 1. The van der Waals surface area contributed by atoms with E-state index >= 15 is 0 Å². The zero-order chi connectivity index (χ0) is 15.3. The van der Waals surface area contributed by atoms with Crippen LogP contribution in [-0.2, 0) is 13.0 Å². The van der Waals surface area contributed by atoms with Crippen LogP contribution in [0.4, 0.5) is 0 Å². The van der Waals surface area contributed by atoms with E-state index in [1.165, 1.54) is 11.1 Å². The monoisotopic (exact) mass is 288 g/mol. The molecule has 0 spiro atoms. The number of nitrogens with two attached hydrogens (primary N) is 1. The van der Waals surface area contributed by atoms with E-state index in [0.717, 1.165) is 39.0 Å². The molecule has 0 saturated heterocycles. The van der Waals surface area contributed by atoms with E-state index in [2.05, 4.69) is 60.2 Å². The smallest absolute Gasteiger partial charge is 0.188 e. The van der Waals surface area contributed by atoms with Crippen LogP contribution in [0, 0.1) is 0 Å². The first-order valence-corrected chi connectivity index (χ1v) is 7.81. The van der Waals surface area contributed by atoms with Gasteiger partial charge in [0.05, 0.1) is 0 Å². The third kappa shape index (κ3) is 5.38. The second-order valence-electron chi connectivity index (χ2n) is 6.79. The maximum atomic E-state index is 5.87. The molecular weight excluding hydrogens is 260 g/mol. The average molecular weight is 288 g/mol. The highest BCUT2D eigenvalue weighted by Gasteiger charge is 2.14. The molecule has 0 unspecified atom stereocenters. The molecule has 0 bridgehead atoms. The summed E-state index contributed by atoms with van der Waals surface area (Å²) in [5.41, 5.74) is 8.82. The summed E-state index contributed by atoms with van der Waals surface area (Å²) in [4.78, 5) is 6.90. The van der Waals surface area contributed by atoms with E-state index in [9.17, 15) is 0 Å². The quantitative estimate of drug-likeness (QED) is 0.507. The van der Waals surface area contributed by atoms with Crippen LogP contribution in [-0.4, -0.2) is 36.0 Å². The highest BCUT2D eigenvalue weighted by molar-refractivity contribution is 5.78. The van der Waals surface area contributed by atoms with Crippen LogP contribution < -0.4 is 11.1 Å². The molecule has 0 fully saturated rings. The summed E-state index contributed by atoms with van der Waals surface area (Å²) >= 11 is 0. The lowest BCUT2D eigenvalue weighted by Gasteiger charge is -2.28. The van der Waals surface area contributed by atoms with Crippen molar-refractivity contribution in [2.75, 3.05) is 19.6 Å². The number of nitrogens with one attached hydrogen (secondary N) is 1. The highest BCUT2D eigenvalue weighted by Crippen LogP contribution is 2.18. The van der Waals surface area contributed by atoms with E-state index < -0.39 is 0 Å². The molecule has 1 aromatic rings. The van der Waals surface area contributed by atoms with Gasteiger partial charge < -0.3 is 11.1 Å². The van der Waals surface area contributed by atoms with Crippen LogP contribution in [0.1, 0.15) is 38.3 Å². The molecule has 0 aliphatic carbocycles. The summed E-state index contributed by atoms with van der Waals surface area (Å²) in [6.45, 7) is 10.3. The van der Waals surface area contributed by atoms with Crippen molar-refractivity contribution in [3.63, 3.8) is 0 Å². The molecule has 21 heavy (non-hydrogen) atoms. The lowest BCUT2D eigenvalue weighted by molar-refractivity contribution is 0.252. The van der Waals surface area contributed by atoms with Gasteiger partial charge in [0, 0.05) is 31.7 Å². The third-order valence-corrected chi connectivity index (χ3v) is 3.63. The van der Waals surface area contributed by atoms with Crippen molar-refractivity contribution in [3.05, 3.63) is 35.4 Å². The van der Waals surface area contributed by atoms with Gasteiger partial charge in [-0.15, -0.1) is 0 Å². The number of rotatable bonds is 4. The predicted octanol–water partition coefficient (Wildman–Crippen LogP) is 2.14. The number of fused-ring (bicyclic) bond motifs is 1. The van der Waals surface area contributed by atoms with Crippen LogP contribution in [0.2, 0.25) is 0 Å². The molecular formula is C17H28N4. The van der Waals surface area contributed by atoms with Gasteiger partial charge in [0.1, 0.15) is 0 Å². The van der Waals surface area contributed by atoms with Crippen LogP contribution >= 0.6 is 0 Å². The maximum Gasteiger partial charge on any atom is 0.188 e. The molecule has 3 N–H and O–H groups in total. The predicted molar refractivity (Wildman–Crippen MR) is 89.4 cm³/mol. The molecule has 1 aliphatic heterocycles. The van der Waals surface area contributed by atoms with E-state index in [0.29, 0.717) is 5.96 Å². The van der Waals surface area contributed by atoms with Gasteiger partial charge >= 0.3 is 0 Å². The summed E-state index contributed by atoms with van der Waals surface area (Å²) in [5.74, 6) is 0.548. The fourth-order valence-corrected chi connectivity index (χ4v) is 2.66. The Hall–Kier alpha value is -1.55. The van der Waals surface area contributed by atoms with Gasteiger partial charge in [-0.1, -0.05) is 24.3 Å². The van der Waals surface area contributed by atoms with Gasteiger partial charge in [-0.05, 0) is 44.7 Å². The first kappa shape index (κ1) is 15.8. The Morgan fingerprint density at radius 1 is 1.29 bits per heavy atom. The number of hydrogen-bond donors (Lipinski definition) is 2. The van der Waals surface area contributed by atoms with Crippen LogP contribution in [0.15, 0.2) is 29.3 Å². The largest absolute Gasteiger partial charge is 0.370 e. The zero-order valence-electron chi connectivity index (χ0n) is 13.5. The molecule has 4 nitrogen and oxygen atoms in total. The number of benzene rings is 1. The van der Waals surface area contributed by atoms with Crippen molar-refractivity contribution in [2.24, 2.45) is 10.7 Å². The molecule has 0 atom stereocenters. The SMILES string of the molecule is CC(C)(C)NC(N)=NCCCN1CCc2ccccc2C1. The molecule has 0 amide bonds. The molecule has 4 heteroatoms. The Bertz CT molecular complexity index is 488. The Morgan fingerprint density at radius 2 is 2.00 bits per heavy atom. The van der Waals surface area contributed by atoms with Crippen molar-refractivity contribution in [1.29, 1.82) is 0 Å². The van der Waals surface area contributed by atoms with Crippen molar-refractivity contribution in [2.45, 2.75) is 45.7 Å².